The summed E-state index contributed by atoms with van der Waals surface area (Å²) < 4.78 is 17.0. The van der Waals surface area contributed by atoms with Crippen molar-refractivity contribution in [3.63, 3.8) is 0 Å². The minimum Gasteiger partial charge on any atom is -0.497 e. The molecule has 3 rings (SSSR count). The zero-order valence-electron chi connectivity index (χ0n) is 16.9. The Morgan fingerprint density at radius 1 is 1.27 bits per heavy atom. The Balaban J connectivity index is 1.48. The van der Waals surface area contributed by atoms with Gasteiger partial charge >= 0.3 is 0 Å². The maximum Gasteiger partial charge on any atom is 0.221 e. The Kier molecular flexibility index (Phi) is 7.79. The van der Waals surface area contributed by atoms with Crippen LogP contribution in [0.5, 0.6) is 17.2 Å². The SMILES string of the molecule is COc1ccc(CC(N)=O)c(OCC(O)CN2CCC(Oc3ccc(Cl)cc3)C2)c1. The number of carbonyl (C=O) groups excluding carboxylic acids is 1. The molecule has 30 heavy (non-hydrogen) atoms. The normalized spacial score (nSPS) is 17.5. The number of hydrogen-bond acceptors (Lipinski definition) is 6. The number of aliphatic hydroxyl groups is 1. The molecule has 2 unspecified atom stereocenters. The molecule has 8 heteroatoms. The zero-order valence-corrected chi connectivity index (χ0v) is 17.7. The Hall–Kier alpha value is -2.48. The van der Waals surface area contributed by atoms with Crippen LogP contribution < -0.4 is 19.9 Å². The summed E-state index contributed by atoms with van der Waals surface area (Å²) in [5, 5.41) is 11.1. The van der Waals surface area contributed by atoms with Crippen LogP contribution >= 0.6 is 11.6 Å². The predicted molar refractivity (Wildman–Crippen MR) is 114 cm³/mol. The van der Waals surface area contributed by atoms with Gasteiger partial charge in [0.05, 0.1) is 13.5 Å². The molecule has 0 aliphatic carbocycles. The van der Waals surface area contributed by atoms with E-state index in [0.29, 0.717) is 28.6 Å². The molecule has 1 amide bonds. The first-order valence-corrected chi connectivity index (χ1v) is 10.2. The summed E-state index contributed by atoms with van der Waals surface area (Å²) in [5.41, 5.74) is 5.96. The highest BCUT2D eigenvalue weighted by Gasteiger charge is 2.26. The molecule has 1 saturated heterocycles. The van der Waals surface area contributed by atoms with Crippen molar-refractivity contribution in [3.8, 4) is 17.2 Å². The van der Waals surface area contributed by atoms with Crippen LogP contribution in [0.3, 0.4) is 0 Å². The number of amides is 1. The van der Waals surface area contributed by atoms with E-state index >= 15 is 0 Å². The summed E-state index contributed by atoms with van der Waals surface area (Å²) in [5.74, 6) is 1.43. The van der Waals surface area contributed by atoms with E-state index in [1.54, 1.807) is 37.4 Å². The van der Waals surface area contributed by atoms with Crippen LogP contribution in [0.4, 0.5) is 0 Å². The van der Waals surface area contributed by atoms with Gasteiger partial charge in [-0.3, -0.25) is 9.69 Å². The maximum atomic E-state index is 11.3. The van der Waals surface area contributed by atoms with E-state index in [2.05, 4.69) is 4.90 Å². The van der Waals surface area contributed by atoms with E-state index in [9.17, 15) is 9.90 Å². The molecule has 0 bridgehead atoms. The minimum absolute atomic E-state index is 0.0608. The number of benzene rings is 2. The van der Waals surface area contributed by atoms with Crippen LogP contribution in [0.1, 0.15) is 12.0 Å². The first kappa shape index (κ1) is 22.2. The van der Waals surface area contributed by atoms with Crippen molar-refractivity contribution in [2.45, 2.75) is 25.0 Å². The van der Waals surface area contributed by atoms with Gasteiger partial charge in [0.15, 0.2) is 0 Å². The number of β-amino-alcohol motifs (C(OH)–C–C–N with tert-alkyl or cyclic N) is 1. The fraction of sp³-hybridized carbons (Fsp3) is 0.409. The van der Waals surface area contributed by atoms with E-state index in [4.69, 9.17) is 31.5 Å². The third-order valence-corrected chi connectivity index (χ3v) is 5.14. The highest BCUT2D eigenvalue weighted by molar-refractivity contribution is 6.30. The summed E-state index contributed by atoms with van der Waals surface area (Å²) in [7, 11) is 1.55. The molecule has 1 aliphatic heterocycles. The van der Waals surface area contributed by atoms with Gasteiger partial charge in [0, 0.05) is 36.3 Å². The van der Waals surface area contributed by atoms with Crippen LogP contribution in [-0.4, -0.2) is 61.5 Å². The van der Waals surface area contributed by atoms with Gasteiger partial charge in [-0.05, 0) is 36.8 Å². The molecule has 162 valence electrons. The van der Waals surface area contributed by atoms with Crippen molar-refractivity contribution in [3.05, 3.63) is 53.1 Å². The molecule has 1 fully saturated rings. The third kappa shape index (κ3) is 6.52. The number of ether oxygens (including phenoxy) is 3. The molecule has 7 nitrogen and oxygen atoms in total. The van der Waals surface area contributed by atoms with E-state index in [1.165, 1.54) is 0 Å². The summed E-state index contributed by atoms with van der Waals surface area (Å²) in [6.07, 6.45) is 0.326. The first-order chi connectivity index (χ1) is 14.4. The summed E-state index contributed by atoms with van der Waals surface area (Å²) in [6, 6.07) is 12.5. The summed E-state index contributed by atoms with van der Waals surface area (Å²) >= 11 is 5.90. The van der Waals surface area contributed by atoms with Crippen LogP contribution in [0.2, 0.25) is 5.02 Å². The van der Waals surface area contributed by atoms with Crippen LogP contribution in [0.25, 0.3) is 0 Å². The number of rotatable bonds is 10. The van der Waals surface area contributed by atoms with Gasteiger partial charge in [0.25, 0.3) is 0 Å². The topological polar surface area (TPSA) is 94.2 Å². The Labute approximate surface area is 181 Å². The molecule has 3 N–H and O–H groups in total. The average Bonchev–Trinajstić information content (AvgIpc) is 3.15. The molecule has 0 spiro atoms. The second-order valence-corrected chi connectivity index (χ2v) is 7.76. The van der Waals surface area contributed by atoms with Crippen LogP contribution in [0.15, 0.2) is 42.5 Å². The van der Waals surface area contributed by atoms with Crippen molar-refractivity contribution < 1.29 is 24.1 Å². The smallest absolute Gasteiger partial charge is 0.221 e. The number of halogens is 1. The minimum atomic E-state index is -0.688. The van der Waals surface area contributed by atoms with Gasteiger partial charge in [0.1, 0.15) is 36.1 Å². The number of nitrogens with two attached hydrogens (primary N) is 1. The predicted octanol–water partition coefficient (Wildman–Crippen LogP) is 2.27. The fourth-order valence-electron chi connectivity index (χ4n) is 3.43. The lowest BCUT2D eigenvalue weighted by Crippen LogP contribution is -2.35. The molecule has 0 saturated carbocycles. The van der Waals surface area contributed by atoms with E-state index in [0.717, 1.165) is 25.3 Å². The lowest BCUT2D eigenvalue weighted by Gasteiger charge is -2.21. The van der Waals surface area contributed by atoms with Gasteiger partial charge < -0.3 is 25.1 Å². The lowest BCUT2D eigenvalue weighted by atomic mass is 10.1. The molecule has 2 aromatic rings. The maximum absolute atomic E-state index is 11.3. The van der Waals surface area contributed by atoms with Gasteiger partial charge in [-0.2, -0.15) is 0 Å². The molecular formula is C22H27ClN2O5. The number of hydrogen-bond donors (Lipinski definition) is 2. The molecular weight excluding hydrogens is 408 g/mol. The number of likely N-dealkylation sites (tertiary alicyclic amines) is 1. The third-order valence-electron chi connectivity index (χ3n) is 4.88. The molecule has 2 aromatic carbocycles. The molecule has 2 atom stereocenters. The van der Waals surface area contributed by atoms with Gasteiger partial charge in [-0.1, -0.05) is 17.7 Å². The van der Waals surface area contributed by atoms with Crippen molar-refractivity contribution in [2.24, 2.45) is 5.73 Å². The van der Waals surface area contributed by atoms with E-state index < -0.39 is 12.0 Å². The highest BCUT2D eigenvalue weighted by Crippen LogP contribution is 2.26. The van der Waals surface area contributed by atoms with Crippen LogP contribution in [-0.2, 0) is 11.2 Å². The second kappa shape index (κ2) is 10.5. The first-order valence-electron chi connectivity index (χ1n) is 9.83. The number of methoxy groups -OCH3 is 1. The number of nitrogens with zero attached hydrogens (tertiary/aromatic N) is 1. The van der Waals surface area contributed by atoms with Crippen molar-refractivity contribution >= 4 is 17.5 Å². The molecule has 0 radical (unpaired) electrons. The van der Waals surface area contributed by atoms with Gasteiger partial charge in [-0.15, -0.1) is 0 Å². The van der Waals surface area contributed by atoms with Crippen molar-refractivity contribution in [1.29, 1.82) is 0 Å². The van der Waals surface area contributed by atoms with Crippen LogP contribution in [0, 0.1) is 0 Å². The van der Waals surface area contributed by atoms with E-state index in [1.807, 2.05) is 12.1 Å². The van der Waals surface area contributed by atoms with E-state index in [-0.39, 0.29) is 19.1 Å². The lowest BCUT2D eigenvalue weighted by molar-refractivity contribution is -0.117. The van der Waals surface area contributed by atoms with Crippen molar-refractivity contribution in [2.75, 3.05) is 33.4 Å². The quantitative estimate of drug-likeness (QED) is 0.595. The highest BCUT2D eigenvalue weighted by atomic mass is 35.5. The zero-order chi connectivity index (χ0) is 21.5. The van der Waals surface area contributed by atoms with Gasteiger partial charge in [-0.25, -0.2) is 0 Å². The Bertz CT molecular complexity index is 846. The molecule has 0 aromatic heterocycles. The molecule has 1 aliphatic rings. The number of aliphatic hydroxyl groups excluding tert-OH is 1. The molecule has 1 heterocycles. The van der Waals surface area contributed by atoms with Gasteiger partial charge in [0.2, 0.25) is 5.91 Å². The number of primary amides is 1. The monoisotopic (exact) mass is 434 g/mol. The summed E-state index contributed by atoms with van der Waals surface area (Å²) in [6.45, 7) is 2.13. The Morgan fingerprint density at radius 3 is 2.70 bits per heavy atom. The standard InChI is InChI=1S/C22H27ClN2O5/c1-28-19-5-2-15(10-22(24)27)21(11-19)29-14-17(26)12-25-9-8-20(13-25)30-18-6-3-16(23)4-7-18/h2-7,11,17,20,26H,8-10,12-14H2,1H3,(H2,24,27). The Morgan fingerprint density at radius 2 is 2.00 bits per heavy atom. The second-order valence-electron chi connectivity index (χ2n) is 7.32. The van der Waals surface area contributed by atoms with Crippen molar-refractivity contribution in [1.82, 2.24) is 4.90 Å². The average molecular weight is 435 g/mol. The summed E-state index contributed by atoms with van der Waals surface area (Å²) in [4.78, 5) is 13.4. The fourth-order valence-corrected chi connectivity index (χ4v) is 3.56. The largest absolute Gasteiger partial charge is 0.497 e. The number of carbonyl (C=O) groups is 1.